The van der Waals surface area contributed by atoms with Gasteiger partial charge in [0.1, 0.15) is 5.75 Å². The van der Waals surface area contributed by atoms with Crippen molar-refractivity contribution in [2.75, 3.05) is 34.3 Å². The molecule has 1 fully saturated rings. The van der Waals surface area contributed by atoms with Gasteiger partial charge in [0.2, 0.25) is 0 Å². The molecule has 1 aliphatic rings. The Hall–Kier alpha value is -2.90. The van der Waals surface area contributed by atoms with Crippen LogP contribution in [-0.4, -0.2) is 58.8 Å². The van der Waals surface area contributed by atoms with Gasteiger partial charge in [0.05, 0.1) is 24.9 Å². The van der Waals surface area contributed by atoms with Gasteiger partial charge in [-0.2, -0.15) is 0 Å². The number of likely N-dealkylation sites (N-methyl/N-ethyl adjacent to an activating group) is 1. The average molecular weight is 450 g/mol. The number of aryl methyl sites for hydroxylation is 1. The zero-order chi connectivity index (χ0) is 22.8. The number of nitrogens with zero attached hydrogens (tertiary/aromatic N) is 4. The lowest BCUT2D eigenvalue weighted by Crippen LogP contribution is -2.35. The molecule has 0 unspecified atom stereocenters. The van der Waals surface area contributed by atoms with Crippen molar-refractivity contribution in [1.29, 1.82) is 0 Å². The summed E-state index contributed by atoms with van der Waals surface area (Å²) < 4.78 is 7.75. The van der Waals surface area contributed by atoms with Crippen molar-refractivity contribution in [3.05, 3.63) is 77.4 Å². The lowest BCUT2D eigenvalue weighted by molar-refractivity contribution is 0.277. The van der Waals surface area contributed by atoms with Crippen molar-refractivity contribution in [1.82, 2.24) is 24.7 Å². The Bertz CT molecular complexity index is 1090. The molecule has 0 spiro atoms. The second kappa shape index (κ2) is 9.30. The number of rotatable bonds is 7. The predicted octanol–water partition coefficient (Wildman–Crippen LogP) is 4.03. The molecule has 2 atom stereocenters. The molecular formula is C25H31N5OS. The van der Waals surface area contributed by atoms with Crippen LogP contribution >= 0.6 is 12.2 Å². The number of methoxy groups -OCH3 is 1. The maximum Gasteiger partial charge on any atom is 0.170 e. The Balaban J connectivity index is 1.80. The van der Waals surface area contributed by atoms with E-state index in [1.165, 1.54) is 17.0 Å². The highest BCUT2D eigenvalue weighted by Gasteiger charge is 2.41. The van der Waals surface area contributed by atoms with E-state index in [1.807, 2.05) is 30.5 Å². The molecule has 1 aliphatic heterocycles. The Labute approximate surface area is 195 Å². The third-order valence-electron chi connectivity index (χ3n) is 6.09. The van der Waals surface area contributed by atoms with E-state index in [0.717, 1.165) is 35.3 Å². The number of nitrogens with one attached hydrogen (secondary N) is 1. The zero-order valence-electron chi connectivity index (χ0n) is 19.4. The standard InChI is InChI=1S/C25H31N5OS/c1-17-15-21(18(2)30(17)19-9-8-10-20(16-19)31-5)24-23(22-11-6-7-12-26-22)27-25(32)29(24)14-13-28(3)4/h6-12,15-16,23-24H,13-14H2,1-5H3,(H,27,32)/t23-,24-/m0/s1. The van der Waals surface area contributed by atoms with Crippen LogP contribution in [0.3, 0.4) is 0 Å². The SMILES string of the molecule is COc1cccc(-n2c(C)cc([C@H]3[C@H](c4ccccn4)NC(=S)N3CCN(C)C)c2C)c1. The number of ether oxygens (including phenoxy) is 1. The summed E-state index contributed by atoms with van der Waals surface area (Å²) in [4.78, 5) is 9.16. The van der Waals surface area contributed by atoms with Crippen molar-refractivity contribution in [3.63, 3.8) is 0 Å². The minimum atomic E-state index is -0.00915. The van der Waals surface area contributed by atoms with Gasteiger partial charge in [-0.25, -0.2) is 0 Å². The molecule has 1 aromatic carbocycles. The molecule has 4 rings (SSSR count). The highest BCUT2D eigenvalue weighted by Crippen LogP contribution is 2.41. The molecule has 6 nitrogen and oxygen atoms in total. The minimum absolute atomic E-state index is 0.00915. The van der Waals surface area contributed by atoms with Gasteiger partial charge < -0.3 is 24.4 Å². The quantitative estimate of drug-likeness (QED) is 0.550. The van der Waals surface area contributed by atoms with E-state index in [2.05, 4.69) is 76.9 Å². The van der Waals surface area contributed by atoms with E-state index in [-0.39, 0.29) is 12.1 Å². The van der Waals surface area contributed by atoms with Crippen LogP contribution in [-0.2, 0) is 0 Å². The first kappa shape index (κ1) is 22.3. The highest BCUT2D eigenvalue weighted by atomic mass is 32.1. The highest BCUT2D eigenvalue weighted by molar-refractivity contribution is 7.80. The van der Waals surface area contributed by atoms with Crippen molar-refractivity contribution in [3.8, 4) is 11.4 Å². The molecule has 2 aromatic heterocycles. The first-order valence-electron chi connectivity index (χ1n) is 10.9. The van der Waals surface area contributed by atoms with Gasteiger partial charge in [-0.1, -0.05) is 12.1 Å². The molecule has 168 valence electrons. The molecule has 0 radical (unpaired) electrons. The van der Waals surface area contributed by atoms with Gasteiger partial charge in [0.15, 0.2) is 5.11 Å². The van der Waals surface area contributed by atoms with Crippen molar-refractivity contribution in [2.24, 2.45) is 0 Å². The molecule has 3 heterocycles. The molecule has 3 aromatic rings. The Morgan fingerprint density at radius 3 is 2.62 bits per heavy atom. The fourth-order valence-electron chi connectivity index (χ4n) is 4.53. The molecular weight excluding hydrogens is 418 g/mol. The first-order valence-corrected chi connectivity index (χ1v) is 11.3. The molecule has 32 heavy (non-hydrogen) atoms. The molecule has 1 saturated heterocycles. The van der Waals surface area contributed by atoms with E-state index in [4.69, 9.17) is 17.0 Å². The number of hydrogen-bond donors (Lipinski definition) is 1. The predicted molar refractivity (Wildman–Crippen MR) is 133 cm³/mol. The summed E-state index contributed by atoms with van der Waals surface area (Å²) in [7, 11) is 5.88. The summed E-state index contributed by atoms with van der Waals surface area (Å²) in [5, 5.41) is 4.33. The second-order valence-corrected chi connectivity index (χ2v) is 8.87. The Morgan fingerprint density at radius 2 is 1.94 bits per heavy atom. The molecule has 1 N–H and O–H groups in total. The van der Waals surface area contributed by atoms with Gasteiger partial charge in [0.25, 0.3) is 0 Å². The van der Waals surface area contributed by atoms with Crippen LogP contribution in [0.5, 0.6) is 5.75 Å². The molecule has 0 saturated carbocycles. The van der Waals surface area contributed by atoms with Crippen LogP contribution in [0.2, 0.25) is 0 Å². The lowest BCUT2D eigenvalue weighted by atomic mass is 9.97. The first-order chi connectivity index (χ1) is 15.4. The maximum atomic E-state index is 5.80. The Kier molecular flexibility index (Phi) is 6.48. The number of thiocarbonyl (C=S) groups is 1. The van der Waals surface area contributed by atoms with Gasteiger partial charge in [-0.15, -0.1) is 0 Å². The van der Waals surface area contributed by atoms with Crippen molar-refractivity contribution < 1.29 is 4.74 Å². The average Bonchev–Trinajstić information content (AvgIpc) is 3.27. The third-order valence-corrected chi connectivity index (χ3v) is 6.44. The van der Waals surface area contributed by atoms with Gasteiger partial charge in [-0.05, 0) is 76.1 Å². The van der Waals surface area contributed by atoms with Crippen LogP contribution in [0.15, 0.2) is 54.7 Å². The van der Waals surface area contributed by atoms with Crippen LogP contribution in [0, 0.1) is 13.8 Å². The van der Waals surface area contributed by atoms with Gasteiger partial charge in [-0.3, -0.25) is 4.98 Å². The van der Waals surface area contributed by atoms with E-state index in [1.54, 1.807) is 7.11 Å². The molecule has 0 aliphatic carbocycles. The smallest absolute Gasteiger partial charge is 0.170 e. The zero-order valence-corrected chi connectivity index (χ0v) is 20.2. The fraction of sp³-hybridized carbons (Fsp3) is 0.360. The summed E-state index contributed by atoms with van der Waals surface area (Å²) >= 11 is 5.80. The largest absolute Gasteiger partial charge is 0.497 e. The van der Waals surface area contributed by atoms with Gasteiger partial charge >= 0.3 is 0 Å². The van der Waals surface area contributed by atoms with Crippen LogP contribution in [0.25, 0.3) is 5.69 Å². The topological polar surface area (TPSA) is 45.6 Å². The summed E-state index contributed by atoms with van der Waals surface area (Å²) in [5.74, 6) is 0.847. The van der Waals surface area contributed by atoms with E-state index < -0.39 is 0 Å². The number of hydrogen-bond acceptors (Lipinski definition) is 4. The number of pyridine rings is 1. The lowest BCUT2D eigenvalue weighted by Gasteiger charge is -2.29. The van der Waals surface area contributed by atoms with Crippen LogP contribution in [0.1, 0.15) is 34.7 Å². The normalized spacial score (nSPS) is 18.3. The summed E-state index contributed by atoms with van der Waals surface area (Å²) in [6.07, 6.45) is 1.85. The summed E-state index contributed by atoms with van der Waals surface area (Å²) in [6.45, 7) is 6.09. The maximum absolute atomic E-state index is 5.80. The third kappa shape index (κ3) is 4.23. The molecule has 7 heteroatoms. The second-order valence-electron chi connectivity index (χ2n) is 8.49. The summed E-state index contributed by atoms with van der Waals surface area (Å²) in [6, 6.07) is 16.6. The van der Waals surface area contributed by atoms with E-state index >= 15 is 0 Å². The van der Waals surface area contributed by atoms with Crippen molar-refractivity contribution in [2.45, 2.75) is 25.9 Å². The van der Waals surface area contributed by atoms with Crippen LogP contribution in [0.4, 0.5) is 0 Å². The minimum Gasteiger partial charge on any atom is -0.497 e. The molecule has 0 amide bonds. The van der Waals surface area contributed by atoms with E-state index in [0.29, 0.717) is 0 Å². The van der Waals surface area contributed by atoms with Crippen molar-refractivity contribution >= 4 is 17.3 Å². The fourth-order valence-corrected chi connectivity index (χ4v) is 4.86. The monoisotopic (exact) mass is 449 g/mol. The van der Waals surface area contributed by atoms with Gasteiger partial charge in [0, 0.05) is 42.4 Å². The Morgan fingerprint density at radius 1 is 1.12 bits per heavy atom. The summed E-state index contributed by atoms with van der Waals surface area (Å²) in [5.41, 5.74) is 5.72. The van der Waals surface area contributed by atoms with Crippen LogP contribution < -0.4 is 10.1 Å². The number of benzene rings is 1. The van der Waals surface area contributed by atoms with E-state index in [9.17, 15) is 0 Å². The number of aromatic nitrogens is 2. The molecule has 0 bridgehead atoms.